The van der Waals surface area contributed by atoms with Crippen LogP contribution in [0.25, 0.3) is 0 Å². The molecule has 5 rings (SSSR count). The lowest BCUT2D eigenvalue weighted by atomic mass is 10.1. The Morgan fingerprint density at radius 2 is 1.52 bits per heavy atom. The smallest absolute Gasteiger partial charge is 0.255 e. The minimum absolute atomic E-state index is 0.0438. The summed E-state index contributed by atoms with van der Waals surface area (Å²) < 4.78 is 5.27. The minimum Gasteiger partial charge on any atom is -0.497 e. The molecule has 3 aromatic rings. The van der Waals surface area contributed by atoms with Crippen molar-refractivity contribution in [3.05, 3.63) is 83.7 Å². The number of methoxy groups -OCH3 is 1. The van der Waals surface area contributed by atoms with Crippen molar-refractivity contribution in [3.8, 4) is 5.75 Å². The first-order valence-electron chi connectivity index (χ1n) is 13.6. The number of pyridine rings is 1. The van der Waals surface area contributed by atoms with Crippen molar-refractivity contribution in [1.82, 2.24) is 20.1 Å². The number of benzene rings is 2. The zero-order valence-corrected chi connectivity index (χ0v) is 22.6. The van der Waals surface area contributed by atoms with Crippen molar-refractivity contribution >= 4 is 29.1 Å². The molecule has 0 radical (unpaired) electrons. The summed E-state index contributed by atoms with van der Waals surface area (Å²) in [5.74, 6) is 0.269. The Hall–Kier alpha value is -4.44. The molecule has 0 unspecified atom stereocenters. The van der Waals surface area contributed by atoms with E-state index in [0.29, 0.717) is 67.4 Å². The number of carbonyl (C=O) groups excluding carboxylic acids is 3. The maximum atomic E-state index is 13.4. The van der Waals surface area contributed by atoms with Crippen molar-refractivity contribution in [2.75, 3.05) is 69.7 Å². The summed E-state index contributed by atoms with van der Waals surface area (Å²) in [7, 11) is 1.58. The Morgan fingerprint density at radius 3 is 2.27 bits per heavy atom. The molecule has 2 saturated heterocycles. The fourth-order valence-electron chi connectivity index (χ4n) is 5.06. The van der Waals surface area contributed by atoms with Crippen molar-refractivity contribution in [3.63, 3.8) is 0 Å². The van der Waals surface area contributed by atoms with E-state index in [2.05, 4.69) is 20.5 Å². The van der Waals surface area contributed by atoms with Crippen molar-refractivity contribution in [2.24, 2.45) is 0 Å². The van der Waals surface area contributed by atoms with E-state index in [-0.39, 0.29) is 17.7 Å². The predicted molar refractivity (Wildman–Crippen MR) is 153 cm³/mol. The van der Waals surface area contributed by atoms with Crippen LogP contribution < -0.4 is 20.3 Å². The normalized spacial score (nSPS) is 15.8. The first-order chi connectivity index (χ1) is 19.5. The van der Waals surface area contributed by atoms with Gasteiger partial charge in [0.15, 0.2) is 0 Å². The summed E-state index contributed by atoms with van der Waals surface area (Å²) in [5, 5.41) is 6.34. The standard InChI is InChI=1S/C30H34N6O4/c1-40-25-5-2-4-23(20-25)29(38)36-18-16-34(17-19-36)27-7-6-24(30(39)35-14-3-10-31-13-15-35)21-26(27)33-28(37)22-8-11-32-12-9-22/h2,4-9,11-12,20-21,31H,3,10,13-19H2,1H3,(H,33,37). The van der Waals surface area contributed by atoms with E-state index in [9.17, 15) is 14.4 Å². The SMILES string of the molecule is COc1cccc(C(=O)N2CCN(c3ccc(C(=O)N4CCCNCC4)cc3NC(=O)c3ccncc3)CC2)c1. The average molecular weight is 543 g/mol. The molecule has 208 valence electrons. The van der Waals surface area contributed by atoms with Crippen molar-refractivity contribution in [2.45, 2.75) is 6.42 Å². The van der Waals surface area contributed by atoms with Crippen LogP contribution in [0.3, 0.4) is 0 Å². The first-order valence-corrected chi connectivity index (χ1v) is 13.6. The molecule has 1 aromatic heterocycles. The molecule has 2 N–H and O–H groups in total. The largest absolute Gasteiger partial charge is 0.497 e. The molecule has 0 spiro atoms. The fourth-order valence-corrected chi connectivity index (χ4v) is 5.06. The molecular weight excluding hydrogens is 508 g/mol. The fraction of sp³-hybridized carbons (Fsp3) is 0.333. The number of rotatable bonds is 6. The third kappa shape index (κ3) is 6.23. The van der Waals surface area contributed by atoms with E-state index in [1.54, 1.807) is 49.8 Å². The highest BCUT2D eigenvalue weighted by Crippen LogP contribution is 2.30. The van der Waals surface area contributed by atoms with Crippen LogP contribution in [0, 0.1) is 0 Å². The molecule has 0 atom stereocenters. The Bertz CT molecular complexity index is 1350. The second kappa shape index (κ2) is 12.6. The van der Waals surface area contributed by atoms with E-state index in [0.717, 1.165) is 25.2 Å². The number of ether oxygens (including phenoxy) is 1. The Balaban J connectivity index is 1.35. The van der Waals surface area contributed by atoms with Gasteiger partial charge in [-0.05, 0) is 61.5 Å². The first kappa shape index (κ1) is 27.1. The van der Waals surface area contributed by atoms with Crippen LogP contribution in [0.15, 0.2) is 67.0 Å². The lowest BCUT2D eigenvalue weighted by molar-refractivity contribution is 0.0743. The molecule has 3 heterocycles. The summed E-state index contributed by atoms with van der Waals surface area (Å²) in [4.78, 5) is 49.4. The van der Waals surface area contributed by atoms with Gasteiger partial charge in [-0.25, -0.2) is 0 Å². The molecule has 3 amide bonds. The van der Waals surface area contributed by atoms with Gasteiger partial charge in [-0.3, -0.25) is 19.4 Å². The lowest BCUT2D eigenvalue weighted by Gasteiger charge is -2.37. The van der Waals surface area contributed by atoms with Crippen LogP contribution in [-0.4, -0.2) is 92.0 Å². The molecule has 2 aliphatic rings. The summed E-state index contributed by atoms with van der Waals surface area (Å²) in [6, 6.07) is 15.9. The van der Waals surface area contributed by atoms with Gasteiger partial charge in [0.1, 0.15) is 5.75 Å². The van der Waals surface area contributed by atoms with Crippen LogP contribution in [-0.2, 0) is 0 Å². The number of nitrogens with one attached hydrogen (secondary N) is 2. The van der Waals surface area contributed by atoms with Crippen LogP contribution >= 0.6 is 0 Å². The van der Waals surface area contributed by atoms with E-state index in [1.807, 2.05) is 34.1 Å². The van der Waals surface area contributed by atoms with Gasteiger partial charge in [0.25, 0.3) is 17.7 Å². The van der Waals surface area contributed by atoms with E-state index >= 15 is 0 Å². The van der Waals surface area contributed by atoms with Crippen LogP contribution in [0.5, 0.6) is 5.75 Å². The monoisotopic (exact) mass is 542 g/mol. The minimum atomic E-state index is -0.279. The molecule has 40 heavy (non-hydrogen) atoms. The third-order valence-electron chi connectivity index (χ3n) is 7.29. The number of amides is 3. The van der Waals surface area contributed by atoms with Gasteiger partial charge < -0.3 is 30.1 Å². The van der Waals surface area contributed by atoms with Gasteiger partial charge in [0.05, 0.1) is 18.5 Å². The quantitative estimate of drug-likeness (QED) is 0.493. The Kier molecular flexibility index (Phi) is 8.56. The van der Waals surface area contributed by atoms with Gasteiger partial charge in [-0.1, -0.05) is 6.07 Å². The molecule has 0 saturated carbocycles. The second-order valence-corrected chi connectivity index (χ2v) is 9.83. The average Bonchev–Trinajstić information content (AvgIpc) is 3.31. The van der Waals surface area contributed by atoms with E-state index in [4.69, 9.17) is 4.74 Å². The maximum absolute atomic E-state index is 13.4. The van der Waals surface area contributed by atoms with Gasteiger partial charge >= 0.3 is 0 Å². The molecule has 0 aliphatic carbocycles. The molecule has 2 fully saturated rings. The number of hydrogen-bond acceptors (Lipinski definition) is 7. The predicted octanol–water partition coefficient (Wildman–Crippen LogP) is 2.74. The van der Waals surface area contributed by atoms with Gasteiger partial charge in [0.2, 0.25) is 0 Å². The Labute approximate surface area is 233 Å². The number of anilines is 2. The third-order valence-corrected chi connectivity index (χ3v) is 7.29. The second-order valence-electron chi connectivity index (χ2n) is 9.83. The molecule has 0 bridgehead atoms. The summed E-state index contributed by atoms with van der Waals surface area (Å²) >= 11 is 0. The Morgan fingerprint density at radius 1 is 0.800 bits per heavy atom. The van der Waals surface area contributed by atoms with Gasteiger partial charge in [0, 0.05) is 74.9 Å². The number of piperazine rings is 1. The van der Waals surface area contributed by atoms with Gasteiger partial charge in [-0.2, -0.15) is 0 Å². The zero-order chi connectivity index (χ0) is 27.9. The highest BCUT2D eigenvalue weighted by Gasteiger charge is 2.26. The number of aromatic nitrogens is 1. The maximum Gasteiger partial charge on any atom is 0.255 e. The van der Waals surface area contributed by atoms with Crippen molar-refractivity contribution < 1.29 is 19.1 Å². The summed E-state index contributed by atoms with van der Waals surface area (Å²) in [5.41, 5.74) is 2.97. The molecule has 10 heteroatoms. The lowest BCUT2D eigenvalue weighted by Crippen LogP contribution is -2.49. The highest BCUT2D eigenvalue weighted by atomic mass is 16.5. The van der Waals surface area contributed by atoms with Crippen LogP contribution in [0.4, 0.5) is 11.4 Å². The van der Waals surface area contributed by atoms with E-state index in [1.165, 1.54) is 0 Å². The summed E-state index contributed by atoms with van der Waals surface area (Å²) in [6.07, 6.45) is 4.04. The van der Waals surface area contributed by atoms with Gasteiger partial charge in [-0.15, -0.1) is 0 Å². The highest BCUT2D eigenvalue weighted by molar-refractivity contribution is 6.07. The number of nitrogens with zero attached hydrogens (tertiary/aromatic N) is 4. The van der Waals surface area contributed by atoms with Crippen molar-refractivity contribution in [1.29, 1.82) is 0 Å². The molecule has 10 nitrogen and oxygen atoms in total. The number of carbonyl (C=O) groups is 3. The molecule has 2 aromatic carbocycles. The molecular formula is C30H34N6O4. The topological polar surface area (TPSA) is 107 Å². The van der Waals surface area contributed by atoms with Crippen LogP contribution in [0.2, 0.25) is 0 Å². The number of hydrogen-bond donors (Lipinski definition) is 2. The zero-order valence-electron chi connectivity index (χ0n) is 22.6. The summed E-state index contributed by atoms with van der Waals surface area (Å²) in [6.45, 7) is 5.19. The van der Waals surface area contributed by atoms with Crippen LogP contribution in [0.1, 0.15) is 37.5 Å². The molecule has 2 aliphatic heterocycles. The van der Waals surface area contributed by atoms with E-state index < -0.39 is 0 Å².